The molecular weight excluding hydrogens is 326 g/mol. The molecule has 8 nitrogen and oxygen atoms in total. The fourth-order valence-electron chi connectivity index (χ4n) is 2.00. The highest BCUT2D eigenvalue weighted by Crippen LogP contribution is 2.17. The quantitative estimate of drug-likeness (QED) is 0.713. The summed E-state index contributed by atoms with van der Waals surface area (Å²) in [5.74, 6) is -0.167. The minimum atomic E-state index is -0.523. The van der Waals surface area contributed by atoms with E-state index in [-0.39, 0.29) is 17.5 Å². The van der Waals surface area contributed by atoms with Gasteiger partial charge in [-0.25, -0.2) is 0 Å². The molecule has 1 aromatic carbocycles. The van der Waals surface area contributed by atoms with E-state index < -0.39 is 11.8 Å². The number of rotatable bonds is 6. The average Bonchev–Trinajstić information content (AvgIpc) is 3.28. The Bertz CT molecular complexity index is 853. The van der Waals surface area contributed by atoms with E-state index in [4.69, 9.17) is 13.6 Å². The van der Waals surface area contributed by atoms with Crippen molar-refractivity contribution in [1.82, 2.24) is 4.98 Å². The van der Waals surface area contributed by atoms with E-state index >= 15 is 0 Å². The van der Waals surface area contributed by atoms with Gasteiger partial charge in [-0.2, -0.15) is 4.98 Å². The molecule has 0 aliphatic heterocycles. The second kappa shape index (κ2) is 7.35. The van der Waals surface area contributed by atoms with Crippen LogP contribution in [-0.4, -0.2) is 23.4 Å². The van der Waals surface area contributed by atoms with Gasteiger partial charge in [0.1, 0.15) is 12.0 Å². The Kier molecular flexibility index (Phi) is 4.79. The second-order valence-electron chi connectivity index (χ2n) is 4.88. The lowest BCUT2D eigenvalue weighted by Gasteiger charge is -2.05. The topological polar surface area (TPSA) is 107 Å². The number of furan rings is 1. The summed E-state index contributed by atoms with van der Waals surface area (Å²) in [6.45, 7) is 2.46. The Hall–Kier alpha value is -3.55. The summed E-state index contributed by atoms with van der Waals surface area (Å²) in [7, 11) is 0. The van der Waals surface area contributed by atoms with Gasteiger partial charge in [0.15, 0.2) is 11.5 Å². The molecule has 0 aliphatic carbocycles. The molecule has 2 heterocycles. The van der Waals surface area contributed by atoms with Crippen LogP contribution in [0.5, 0.6) is 5.75 Å². The molecule has 0 bridgehead atoms. The Morgan fingerprint density at radius 3 is 2.56 bits per heavy atom. The van der Waals surface area contributed by atoms with E-state index in [9.17, 15) is 9.59 Å². The minimum absolute atomic E-state index is 0.0311. The minimum Gasteiger partial charge on any atom is -0.494 e. The van der Waals surface area contributed by atoms with Gasteiger partial charge in [-0.05, 0) is 43.3 Å². The molecule has 2 N–H and O–H groups in total. The van der Waals surface area contributed by atoms with Gasteiger partial charge in [-0.1, -0.05) is 0 Å². The molecule has 0 aliphatic rings. The van der Waals surface area contributed by atoms with Crippen molar-refractivity contribution in [3.05, 3.63) is 60.4 Å². The van der Waals surface area contributed by atoms with Crippen LogP contribution in [0.1, 0.15) is 28.0 Å². The first kappa shape index (κ1) is 16.3. The number of hydrogen-bond acceptors (Lipinski definition) is 6. The molecule has 128 valence electrons. The first-order valence-electron chi connectivity index (χ1n) is 7.50. The number of carbonyl (C=O) groups is 2. The predicted octanol–water partition coefficient (Wildman–Crippen LogP) is 3.17. The van der Waals surface area contributed by atoms with Crippen molar-refractivity contribution < 1.29 is 23.2 Å². The van der Waals surface area contributed by atoms with E-state index in [1.165, 1.54) is 12.3 Å². The molecule has 0 spiro atoms. The maximum Gasteiger partial charge on any atom is 0.302 e. The van der Waals surface area contributed by atoms with Crippen LogP contribution in [0.3, 0.4) is 0 Å². The Morgan fingerprint density at radius 1 is 1.08 bits per heavy atom. The van der Waals surface area contributed by atoms with Crippen molar-refractivity contribution in [1.29, 1.82) is 0 Å². The average molecular weight is 341 g/mol. The maximum absolute atomic E-state index is 12.2. The zero-order valence-electron chi connectivity index (χ0n) is 13.3. The summed E-state index contributed by atoms with van der Waals surface area (Å²) in [6, 6.07) is 9.90. The van der Waals surface area contributed by atoms with Crippen molar-refractivity contribution in [2.75, 3.05) is 17.2 Å². The molecule has 3 rings (SSSR count). The van der Waals surface area contributed by atoms with E-state index in [0.717, 1.165) is 6.26 Å². The van der Waals surface area contributed by atoms with Crippen molar-refractivity contribution >= 4 is 23.5 Å². The van der Waals surface area contributed by atoms with Crippen LogP contribution < -0.4 is 15.4 Å². The molecule has 0 saturated heterocycles. The highest BCUT2D eigenvalue weighted by molar-refractivity contribution is 6.04. The van der Waals surface area contributed by atoms with Gasteiger partial charge in [-0.3, -0.25) is 14.9 Å². The summed E-state index contributed by atoms with van der Waals surface area (Å²) in [6.07, 6.45) is 2.53. The zero-order valence-corrected chi connectivity index (χ0v) is 13.3. The van der Waals surface area contributed by atoms with Crippen molar-refractivity contribution in [3.8, 4) is 5.75 Å². The van der Waals surface area contributed by atoms with Crippen LogP contribution in [0.15, 0.2) is 57.8 Å². The fraction of sp³-hybridized carbons (Fsp3) is 0.118. The van der Waals surface area contributed by atoms with Crippen LogP contribution in [0.2, 0.25) is 0 Å². The molecule has 0 atom stereocenters. The maximum atomic E-state index is 12.2. The summed E-state index contributed by atoms with van der Waals surface area (Å²) in [5.41, 5.74) is 0.612. The van der Waals surface area contributed by atoms with Gasteiger partial charge in [0, 0.05) is 5.69 Å². The first-order chi connectivity index (χ1) is 12.2. The monoisotopic (exact) mass is 341 g/mol. The highest BCUT2D eigenvalue weighted by atomic mass is 16.5. The Balaban J connectivity index is 1.61. The number of oxazole rings is 1. The summed E-state index contributed by atoms with van der Waals surface area (Å²) in [4.78, 5) is 27.9. The highest BCUT2D eigenvalue weighted by Gasteiger charge is 2.16. The predicted molar refractivity (Wildman–Crippen MR) is 88.7 cm³/mol. The molecule has 3 aromatic rings. The van der Waals surface area contributed by atoms with E-state index in [1.54, 1.807) is 30.3 Å². The largest absolute Gasteiger partial charge is 0.494 e. The standard InChI is InChI=1S/C17H15N3O5/c1-2-23-12-7-5-11(6-8-12)18-15(21)13-10-25-17(19-13)20-16(22)14-4-3-9-24-14/h3-10H,2H2,1H3,(H,18,21)(H,19,20,22). The zero-order chi connectivity index (χ0) is 17.6. The molecule has 8 heteroatoms. The molecule has 2 amide bonds. The fourth-order valence-corrected chi connectivity index (χ4v) is 2.00. The smallest absolute Gasteiger partial charge is 0.302 e. The van der Waals surface area contributed by atoms with Gasteiger partial charge in [0.25, 0.3) is 11.8 Å². The molecule has 25 heavy (non-hydrogen) atoms. The molecule has 0 radical (unpaired) electrons. The number of carbonyl (C=O) groups excluding carboxylic acids is 2. The lowest BCUT2D eigenvalue weighted by Crippen LogP contribution is -2.14. The number of nitrogens with zero attached hydrogens (tertiary/aromatic N) is 1. The molecular formula is C17H15N3O5. The van der Waals surface area contributed by atoms with Gasteiger partial charge < -0.3 is 18.9 Å². The molecule has 0 fully saturated rings. The van der Waals surface area contributed by atoms with Crippen molar-refractivity contribution in [2.45, 2.75) is 6.92 Å². The van der Waals surface area contributed by atoms with Gasteiger partial charge >= 0.3 is 6.01 Å². The van der Waals surface area contributed by atoms with Crippen LogP contribution >= 0.6 is 0 Å². The van der Waals surface area contributed by atoms with Gasteiger partial charge in [0.2, 0.25) is 0 Å². The number of anilines is 2. The number of nitrogens with one attached hydrogen (secondary N) is 2. The van der Waals surface area contributed by atoms with Gasteiger partial charge in [0.05, 0.1) is 12.9 Å². The van der Waals surface area contributed by atoms with E-state index in [2.05, 4.69) is 15.6 Å². The third-order valence-electron chi connectivity index (χ3n) is 3.13. The van der Waals surface area contributed by atoms with Gasteiger partial charge in [-0.15, -0.1) is 0 Å². The van der Waals surface area contributed by atoms with Crippen LogP contribution in [0, 0.1) is 0 Å². The van der Waals surface area contributed by atoms with Crippen LogP contribution in [0.25, 0.3) is 0 Å². The van der Waals surface area contributed by atoms with Crippen molar-refractivity contribution in [3.63, 3.8) is 0 Å². The Labute approximate surface area is 142 Å². The molecule has 0 saturated carbocycles. The van der Waals surface area contributed by atoms with Crippen LogP contribution in [-0.2, 0) is 0 Å². The second-order valence-corrected chi connectivity index (χ2v) is 4.88. The lowest BCUT2D eigenvalue weighted by molar-refractivity contribution is 0.0990. The lowest BCUT2D eigenvalue weighted by atomic mass is 10.3. The third-order valence-corrected chi connectivity index (χ3v) is 3.13. The summed E-state index contributed by atoms with van der Waals surface area (Å²) >= 11 is 0. The molecule has 2 aromatic heterocycles. The van der Waals surface area contributed by atoms with E-state index in [0.29, 0.717) is 18.0 Å². The first-order valence-corrected chi connectivity index (χ1v) is 7.50. The van der Waals surface area contributed by atoms with Crippen molar-refractivity contribution in [2.24, 2.45) is 0 Å². The number of amides is 2. The molecule has 0 unspecified atom stereocenters. The van der Waals surface area contributed by atoms with E-state index in [1.807, 2.05) is 6.92 Å². The Morgan fingerprint density at radius 2 is 1.88 bits per heavy atom. The number of hydrogen-bond donors (Lipinski definition) is 2. The number of ether oxygens (including phenoxy) is 1. The third kappa shape index (κ3) is 4.05. The normalized spacial score (nSPS) is 10.3. The number of aromatic nitrogens is 1. The SMILES string of the molecule is CCOc1ccc(NC(=O)c2coc(NC(=O)c3ccco3)n2)cc1. The number of benzene rings is 1. The summed E-state index contributed by atoms with van der Waals surface area (Å²) in [5, 5.41) is 5.07. The summed E-state index contributed by atoms with van der Waals surface area (Å²) < 4.78 is 15.4. The van der Waals surface area contributed by atoms with Crippen LogP contribution in [0.4, 0.5) is 11.7 Å².